The molecule has 52 heavy (non-hydrogen) atoms. The second-order valence-corrected chi connectivity index (χ2v) is 12.6. The van der Waals surface area contributed by atoms with Crippen molar-refractivity contribution in [3.05, 3.63) is 24.3 Å². The van der Waals surface area contributed by atoms with Gasteiger partial charge in [-0.05, 0) is 53.4 Å². The Kier molecular flexibility index (Phi) is 27.6. The van der Waals surface area contributed by atoms with Crippen LogP contribution < -0.4 is 0 Å². The van der Waals surface area contributed by atoms with Crippen molar-refractivity contribution in [2.24, 2.45) is 0 Å². The molecule has 0 saturated heterocycles. The number of carbonyl (C=O) groups is 6. The van der Waals surface area contributed by atoms with E-state index < -0.39 is 72.4 Å². The molecule has 0 radical (unpaired) electrons. The first-order chi connectivity index (χ1) is 24.7. The maximum absolute atomic E-state index is 12.4. The van der Waals surface area contributed by atoms with Crippen molar-refractivity contribution >= 4 is 35.8 Å². The third-order valence-corrected chi connectivity index (χ3v) is 7.52. The predicted molar refractivity (Wildman–Crippen MR) is 190 cm³/mol. The van der Waals surface area contributed by atoms with Crippen LogP contribution in [0.1, 0.15) is 131 Å². The second-order valence-electron chi connectivity index (χ2n) is 12.6. The van der Waals surface area contributed by atoms with Crippen LogP contribution in [0.5, 0.6) is 0 Å². The molecule has 0 aliphatic heterocycles. The Bertz CT molecular complexity index is 1110. The summed E-state index contributed by atoms with van der Waals surface area (Å²) in [6, 6.07) is 0. The highest BCUT2D eigenvalue weighted by Crippen LogP contribution is 2.15. The van der Waals surface area contributed by atoms with Crippen LogP contribution in [-0.4, -0.2) is 95.9 Å². The lowest BCUT2D eigenvalue weighted by molar-refractivity contribution is -0.174. The van der Waals surface area contributed by atoms with Crippen molar-refractivity contribution in [3.8, 4) is 0 Å². The molecule has 6 unspecified atom stereocenters. The van der Waals surface area contributed by atoms with Gasteiger partial charge in [-0.15, -0.1) is 0 Å². The van der Waals surface area contributed by atoms with E-state index in [0.29, 0.717) is 32.1 Å². The monoisotopic (exact) mass is 742 g/mol. The molecule has 14 heteroatoms. The summed E-state index contributed by atoms with van der Waals surface area (Å²) < 4.78 is 31.2. The van der Waals surface area contributed by atoms with E-state index in [-0.39, 0.29) is 26.1 Å². The number of hydrogen-bond donors (Lipinski definition) is 2. The summed E-state index contributed by atoms with van der Waals surface area (Å²) in [5.74, 6) is -4.19. The molecule has 0 aromatic carbocycles. The summed E-state index contributed by atoms with van der Waals surface area (Å²) in [5, 5.41) is 18.6. The van der Waals surface area contributed by atoms with Gasteiger partial charge < -0.3 is 38.6 Å². The van der Waals surface area contributed by atoms with E-state index in [1.165, 1.54) is 27.7 Å². The smallest absolute Gasteiger partial charge is 0.347 e. The normalized spacial score (nSPS) is 14.8. The number of ether oxygens (including phenoxy) is 6. The van der Waals surface area contributed by atoms with Gasteiger partial charge in [-0.1, -0.05) is 70.3 Å². The Morgan fingerprint density at radius 3 is 1.27 bits per heavy atom. The molecule has 0 saturated carbocycles. The van der Waals surface area contributed by atoms with Crippen LogP contribution in [0.2, 0.25) is 0 Å². The lowest BCUT2D eigenvalue weighted by Crippen LogP contribution is -2.33. The first-order valence-corrected chi connectivity index (χ1v) is 18.5. The molecular formula is C38H62O14. The average molecular weight is 743 g/mol. The van der Waals surface area contributed by atoms with E-state index in [0.717, 1.165) is 44.9 Å². The Morgan fingerprint density at radius 2 is 0.885 bits per heavy atom. The van der Waals surface area contributed by atoms with Gasteiger partial charge in [-0.2, -0.15) is 0 Å². The number of aliphatic hydroxyl groups excluding tert-OH is 2. The molecule has 2 N–H and O–H groups in total. The minimum atomic E-state index is -1.35. The second kappa shape index (κ2) is 29.8. The average Bonchev–Trinajstić information content (AvgIpc) is 3.09. The zero-order chi connectivity index (χ0) is 39.3. The van der Waals surface area contributed by atoms with Gasteiger partial charge >= 0.3 is 35.8 Å². The van der Waals surface area contributed by atoms with E-state index in [2.05, 4.69) is 13.8 Å². The Hall–Kier alpha value is -3.78. The molecular weight excluding hydrogens is 680 g/mol. The third kappa shape index (κ3) is 25.2. The number of aliphatic hydroxyl groups is 2. The SMILES string of the molecule is CCCCCCC(C/C=C\CC(=O)OCCCOC(=O)C/C=C\CC(CCCCC)OC(=O)C(C)OC(=O)C(C)O)OC(=O)C(C)OC(=O)C(C)O. The number of esters is 6. The zero-order valence-corrected chi connectivity index (χ0v) is 31.9. The van der Waals surface area contributed by atoms with Gasteiger partial charge in [0, 0.05) is 19.3 Å². The molecule has 6 atom stereocenters. The maximum atomic E-state index is 12.4. The first-order valence-electron chi connectivity index (χ1n) is 18.5. The molecule has 0 bridgehead atoms. The first kappa shape index (κ1) is 48.2. The van der Waals surface area contributed by atoms with Crippen molar-refractivity contribution < 1.29 is 67.4 Å². The van der Waals surface area contributed by atoms with E-state index >= 15 is 0 Å². The Morgan fingerprint density at radius 1 is 0.500 bits per heavy atom. The molecule has 0 amide bonds. The highest BCUT2D eigenvalue weighted by Gasteiger charge is 2.25. The predicted octanol–water partition coefficient (Wildman–Crippen LogP) is 5.14. The zero-order valence-electron chi connectivity index (χ0n) is 31.9. The van der Waals surface area contributed by atoms with Crippen molar-refractivity contribution in [2.45, 2.75) is 168 Å². The van der Waals surface area contributed by atoms with Crippen LogP contribution in [0.25, 0.3) is 0 Å². The molecule has 0 fully saturated rings. The summed E-state index contributed by atoms with van der Waals surface area (Å²) >= 11 is 0. The summed E-state index contributed by atoms with van der Waals surface area (Å²) in [7, 11) is 0. The fraction of sp³-hybridized carbons (Fsp3) is 0.737. The fourth-order valence-corrected chi connectivity index (χ4v) is 4.44. The Labute approximate surface area is 308 Å². The number of carbonyl (C=O) groups excluding carboxylic acids is 6. The molecule has 0 aromatic rings. The minimum Gasteiger partial charge on any atom is -0.465 e. The van der Waals surface area contributed by atoms with E-state index in [1.807, 2.05) is 0 Å². The van der Waals surface area contributed by atoms with E-state index in [4.69, 9.17) is 28.4 Å². The van der Waals surface area contributed by atoms with E-state index in [1.54, 1.807) is 24.3 Å². The van der Waals surface area contributed by atoms with Crippen LogP contribution in [-0.2, 0) is 57.2 Å². The summed E-state index contributed by atoms with van der Waals surface area (Å²) in [6.45, 7) is 9.51. The molecule has 0 heterocycles. The summed E-state index contributed by atoms with van der Waals surface area (Å²) in [5.41, 5.74) is 0. The molecule has 0 aromatic heterocycles. The number of unbranched alkanes of at least 4 members (excludes halogenated alkanes) is 5. The van der Waals surface area contributed by atoms with Crippen LogP contribution in [0.3, 0.4) is 0 Å². The van der Waals surface area contributed by atoms with Crippen LogP contribution in [0.4, 0.5) is 0 Å². The van der Waals surface area contributed by atoms with Crippen LogP contribution in [0, 0.1) is 0 Å². The number of hydrogen-bond acceptors (Lipinski definition) is 14. The van der Waals surface area contributed by atoms with Crippen molar-refractivity contribution in [1.29, 1.82) is 0 Å². The van der Waals surface area contributed by atoms with Gasteiger partial charge in [0.15, 0.2) is 12.2 Å². The topological polar surface area (TPSA) is 198 Å². The molecule has 0 spiro atoms. The van der Waals surface area contributed by atoms with Crippen molar-refractivity contribution in [1.82, 2.24) is 0 Å². The van der Waals surface area contributed by atoms with Gasteiger partial charge in [0.2, 0.25) is 0 Å². The van der Waals surface area contributed by atoms with Gasteiger partial charge in [0.05, 0.1) is 26.1 Å². The summed E-state index contributed by atoms with van der Waals surface area (Å²) in [4.78, 5) is 72.2. The molecule has 14 nitrogen and oxygen atoms in total. The number of rotatable bonds is 29. The van der Waals surface area contributed by atoms with Gasteiger partial charge in [0.1, 0.15) is 24.4 Å². The fourth-order valence-electron chi connectivity index (χ4n) is 4.44. The Balaban J connectivity index is 4.55. The summed E-state index contributed by atoms with van der Waals surface area (Å²) in [6.07, 6.45) is 9.65. The minimum absolute atomic E-state index is 0.00342. The van der Waals surface area contributed by atoms with Crippen molar-refractivity contribution in [2.75, 3.05) is 13.2 Å². The lowest BCUT2D eigenvalue weighted by atomic mass is 10.1. The quantitative estimate of drug-likeness (QED) is 0.0442. The highest BCUT2D eigenvalue weighted by atomic mass is 16.6. The third-order valence-electron chi connectivity index (χ3n) is 7.52. The van der Waals surface area contributed by atoms with Gasteiger partial charge in [-0.3, -0.25) is 9.59 Å². The standard InChI is InChI=1S/C38H62O14/c1-7-9-11-13-20-32(52-38(46)30(6)50-36(44)28(4)40)22-15-17-24-34(42)48-26-18-25-47-33(41)23-16-14-21-31(19-12-10-8-2)51-37(45)29(5)49-35(43)27(3)39/h14-17,27-32,39-40H,7-13,18-26H2,1-6H3/b16-14-,17-15-. The highest BCUT2D eigenvalue weighted by molar-refractivity contribution is 5.81. The molecule has 298 valence electrons. The van der Waals surface area contributed by atoms with E-state index in [9.17, 15) is 39.0 Å². The van der Waals surface area contributed by atoms with Crippen LogP contribution in [0.15, 0.2) is 24.3 Å². The molecule has 0 aliphatic rings. The van der Waals surface area contributed by atoms with Crippen molar-refractivity contribution in [3.63, 3.8) is 0 Å². The molecule has 0 rings (SSSR count). The molecule has 0 aliphatic carbocycles. The van der Waals surface area contributed by atoms with Gasteiger partial charge in [0.25, 0.3) is 0 Å². The lowest BCUT2D eigenvalue weighted by Gasteiger charge is -2.20. The van der Waals surface area contributed by atoms with Crippen LogP contribution >= 0.6 is 0 Å². The largest absolute Gasteiger partial charge is 0.465 e. The van der Waals surface area contributed by atoms with Gasteiger partial charge in [-0.25, -0.2) is 19.2 Å². The maximum Gasteiger partial charge on any atom is 0.347 e.